The largest absolute Gasteiger partial charge is 0.416 e. The summed E-state index contributed by atoms with van der Waals surface area (Å²) in [6.07, 6.45) is -2.98. The van der Waals surface area contributed by atoms with E-state index in [0.717, 1.165) is 12.1 Å². The van der Waals surface area contributed by atoms with Crippen molar-refractivity contribution in [3.8, 4) is 0 Å². The predicted octanol–water partition coefficient (Wildman–Crippen LogP) is 3.19. The average molecular weight is 351 g/mol. The van der Waals surface area contributed by atoms with Crippen molar-refractivity contribution in [1.82, 2.24) is 4.98 Å². The number of anilines is 2. The minimum absolute atomic E-state index is 0.190. The molecule has 1 aromatic heterocycles. The number of pyridine rings is 1. The van der Waals surface area contributed by atoms with Crippen LogP contribution < -0.4 is 10.2 Å². The SMILES string of the molecule is O=C(Nc1ccc(C(F)(F)F)cc1N1CCOCC1)c1ccccn1. The molecule has 2 heterocycles. The number of morpholine rings is 1. The van der Waals surface area contributed by atoms with Crippen LogP contribution in [0.2, 0.25) is 0 Å². The highest BCUT2D eigenvalue weighted by molar-refractivity contribution is 6.04. The van der Waals surface area contributed by atoms with Gasteiger partial charge in [-0.25, -0.2) is 0 Å². The Bertz CT molecular complexity index is 745. The number of halogens is 3. The number of carbonyl (C=O) groups excluding carboxylic acids is 1. The van der Waals surface area contributed by atoms with Gasteiger partial charge >= 0.3 is 6.18 Å². The fraction of sp³-hybridized carbons (Fsp3) is 0.294. The highest BCUT2D eigenvalue weighted by Gasteiger charge is 2.32. The van der Waals surface area contributed by atoms with Crippen LogP contribution in [0.25, 0.3) is 0 Å². The maximum Gasteiger partial charge on any atom is 0.416 e. The normalized spacial score (nSPS) is 15.1. The second kappa shape index (κ2) is 7.10. The fourth-order valence-corrected chi connectivity index (χ4v) is 2.56. The third-order valence-electron chi connectivity index (χ3n) is 3.82. The van der Waals surface area contributed by atoms with Crippen LogP contribution in [-0.4, -0.2) is 37.2 Å². The molecule has 0 bridgehead atoms. The maximum absolute atomic E-state index is 13.1. The Balaban J connectivity index is 1.93. The van der Waals surface area contributed by atoms with Crippen LogP contribution >= 0.6 is 0 Å². The minimum Gasteiger partial charge on any atom is -0.378 e. The van der Waals surface area contributed by atoms with Crippen LogP contribution in [0.5, 0.6) is 0 Å². The highest BCUT2D eigenvalue weighted by atomic mass is 19.4. The van der Waals surface area contributed by atoms with Crippen LogP contribution in [0.4, 0.5) is 24.5 Å². The Morgan fingerprint density at radius 3 is 2.56 bits per heavy atom. The van der Waals surface area contributed by atoms with E-state index in [1.807, 2.05) is 0 Å². The Labute approximate surface area is 142 Å². The lowest BCUT2D eigenvalue weighted by atomic mass is 10.1. The number of hydrogen-bond donors (Lipinski definition) is 1. The van der Waals surface area contributed by atoms with E-state index in [2.05, 4.69) is 10.3 Å². The van der Waals surface area contributed by atoms with Gasteiger partial charge in [-0.2, -0.15) is 13.2 Å². The second-order valence-electron chi connectivity index (χ2n) is 5.50. The van der Waals surface area contributed by atoms with Crippen molar-refractivity contribution >= 4 is 17.3 Å². The van der Waals surface area contributed by atoms with Crippen LogP contribution in [0.15, 0.2) is 42.6 Å². The van der Waals surface area contributed by atoms with Crippen LogP contribution in [-0.2, 0) is 10.9 Å². The summed E-state index contributed by atoms with van der Waals surface area (Å²) in [5, 5.41) is 2.65. The summed E-state index contributed by atoms with van der Waals surface area (Å²) in [5.74, 6) is -0.477. The summed E-state index contributed by atoms with van der Waals surface area (Å²) < 4.78 is 44.4. The number of carbonyl (C=O) groups is 1. The monoisotopic (exact) mass is 351 g/mol. The molecule has 2 aromatic rings. The van der Waals surface area contributed by atoms with Crippen molar-refractivity contribution in [3.63, 3.8) is 0 Å². The van der Waals surface area contributed by atoms with Crippen molar-refractivity contribution in [1.29, 1.82) is 0 Å². The molecule has 0 spiro atoms. The first-order valence-electron chi connectivity index (χ1n) is 7.71. The van der Waals surface area contributed by atoms with Crippen molar-refractivity contribution in [2.45, 2.75) is 6.18 Å². The molecule has 1 saturated heterocycles. The van der Waals surface area contributed by atoms with Crippen molar-refractivity contribution in [3.05, 3.63) is 53.9 Å². The average Bonchev–Trinajstić information content (AvgIpc) is 2.62. The van der Waals surface area contributed by atoms with Gasteiger partial charge in [0.05, 0.1) is 30.2 Å². The summed E-state index contributed by atoms with van der Waals surface area (Å²) in [6.45, 7) is 1.75. The molecule has 1 N–H and O–H groups in total. The molecule has 1 fully saturated rings. The first-order valence-corrected chi connectivity index (χ1v) is 7.71. The smallest absolute Gasteiger partial charge is 0.378 e. The van der Waals surface area contributed by atoms with Gasteiger partial charge in [0.25, 0.3) is 5.91 Å². The zero-order valence-electron chi connectivity index (χ0n) is 13.2. The molecular weight excluding hydrogens is 335 g/mol. The van der Waals surface area contributed by atoms with E-state index in [1.165, 1.54) is 18.3 Å². The molecule has 132 valence electrons. The summed E-state index contributed by atoms with van der Waals surface area (Å²) in [7, 11) is 0. The standard InChI is InChI=1S/C17H16F3N3O2/c18-17(19,20)12-4-5-13(15(11-12)23-7-9-25-10-8-23)22-16(24)14-3-1-2-6-21-14/h1-6,11H,7-10H2,(H,22,24). The number of rotatable bonds is 3. The summed E-state index contributed by atoms with van der Waals surface area (Å²) in [5.41, 5.74) is 0.0631. The maximum atomic E-state index is 13.1. The molecule has 1 aliphatic heterocycles. The van der Waals surface area contributed by atoms with E-state index in [0.29, 0.717) is 37.7 Å². The van der Waals surface area contributed by atoms with E-state index in [1.54, 1.807) is 17.0 Å². The highest BCUT2D eigenvalue weighted by Crippen LogP contribution is 2.36. The van der Waals surface area contributed by atoms with E-state index in [9.17, 15) is 18.0 Å². The van der Waals surface area contributed by atoms with Gasteiger partial charge in [0.2, 0.25) is 0 Å². The lowest BCUT2D eigenvalue weighted by Crippen LogP contribution is -2.37. The van der Waals surface area contributed by atoms with Gasteiger partial charge in [-0.15, -0.1) is 0 Å². The molecule has 3 rings (SSSR count). The summed E-state index contributed by atoms with van der Waals surface area (Å²) in [4.78, 5) is 18.0. The molecular formula is C17H16F3N3O2. The second-order valence-corrected chi connectivity index (χ2v) is 5.50. The van der Waals surface area contributed by atoms with Gasteiger partial charge in [0.1, 0.15) is 5.69 Å². The quantitative estimate of drug-likeness (QED) is 0.923. The molecule has 0 atom stereocenters. The Morgan fingerprint density at radius 2 is 1.92 bits per heavy atom. The topological polar surface area (TPSA) is 54.5 Å². The van der Waals surface area contributed by atoms with Gasteiger partial charge in [-0.3, -0.25) is 9.78 Å². The van der Waals surface area contributed by atoms with Crippen molar-refractivity contribution < 1.29 is 22.7 Å². The van der Waals surface area contributed by atoms with Gasteiger partial charge in [0.15, 0.2) is 0 Å². The van der Waals surface area contributed by atoms with Crippen LogP contribution in [0.3, 0.4) is 0 Å². The number of hydrogen-bond acceptors (Lipinski definition) is 4. The lowest BCUT2D eigenvalue weighted by Gasteiger charge is -2.31. The van der Waals surface area contributed by atoms with Crippen LogP contribution in [0.1, 0.15) is 16.1 Å². The van der Waals surface area contributed by atoms with E-state index >= 15 is 0 Å². The molecule has 0 radical (unpaired) electrons. The van der Waals surface area contributed by atoms with Gasteiger partial charge in [-0.1, -0.05) is 6.07 Å². The molecule has 0 saturated carbocycles. The molecule has 5 nitrogen and oxygen atoms in total. The third-order valence-corrected chi connectivity index (χ3v) is 3.82. The number of nitrogens with one attached hydrogen (secondary N) is 1. The van der Waals surface area contributed by atoms with E-state index in [4.69, 9.17) is 4.74 Å². The zero-order chi connectivity index (χ0) is 17.9. The van der Waals surface area contributed by atoms with Gasteiger partial charge in [0, 0.05) is 19.3 Å². The zero-order valence-corrected chi connectivity index (χ0v) is 13.2. The number of aromatic nitrogens is 1. The Morgan fingerprint density at radius 1 is 1.16 bits per heavy atom. The lowest BCUT2D eigenvalue weighted by molar-refractivity contribution is -0.137. The Kier molecular flexibility index (Phi) is 4.89. The fourth-order valence-electron chi connectivity index (χ4n) is 2.56. The summed E-state index contributed by atoms with van der Waals surface area (Å²) in [6, 6.07) is 8.16. The number of benzene rings is 1. The number of amides is 1. The molecule has 8 heteroatoms. The molecule has 1 aromatic carbocycles. The minimum atomic E-state index is -4.45. The summed E-state index contributed by atoms with van der Waals surface area (Å²) >= 11 is 0. The third kappa shape index (κ3) is 4.08. The molecule has 1 amide bonds. The first kappa shape index (κ1) is 17.2. The molecule has 0 unspecified atom stereocenters. The van der Waals surface area contributed by atoms with Crippen molar-refractivity contribution in [2.24, 2.45) is 0 Å². The number of ether oxygens (including phenoxy) is 1. The predicted molar refractivity (Wildman–Crippen MR) is 86.7 cm³/mol. The van der Waals surface area contributed by atoms with Crippen LogP contribution in [0, 0.1) is 0 Å². The number of alkyl halides is 3. The van der Waals surface area contributed by atoms with Gasteiger partial charge in [-0.05, 0) is 30.3 Å². The van der Waals surface area contributed by atoms with Gasteiger partial charge < -0.3 is 15.0 Å². The van der Waals surface area contributed by atoms with E-state index in [-0.39, 0.29) is 5.69 Å². The van der Waals surface area contributed by atoms with E-state index < -0.39 is 17.6 Å². The molecule has 25 heavy (non-hydrogen) atoms. The Hall–Kier alpha value is -2.61. The molecule has 1 aliphatic rings. The molecule has 0 aliphatic carbocycles. The number of nitrogens with zero attached hydrogens (tertiary/aromatic N) is 2. The first-order chi connectivity index (χ1) is 11.9. The van der Waals surface area contributed by atoms with Crippen molar-refractivity contribution in [2.75, 3.05) is 36.5 Å².